The van der Waals surface area contributed by atoms with E-state index in [1.54, 1.807) is 0 Å². The predicted molar refractivity (Wildman–Crippen MR) is 159 cm³/mol. The summed E-state index contributed by atoms with van der Waals surface area (Å²) in [4.78, 5) is 11.2. The highest BCUT2D eigenvalue weighted by Crippen LogP contribution is 2.41. The number of unbranched alkanes of at least 4 members (excludes halogenated alkanes) is 1. The summed E-state index contributed by atoms with van der Waals surface area (Å²) in [5, 5.41) is 23.3. The molecule has 204 valence electrons. The minimum atomic E-state index is -1.02. The van der Waals surface area contributed by atoms with E-state index in [0.29, 0.717) is 12.1 Å². The van der Waals surface area contributed by atoms with E-state index >= 15 is 0 Å². The second-order valence-electron chi connectivity index (χ2n) is 9.48. The Hall–Kier alpha value is -2.06. The Kier molecular flexibility index (Phi) is 13.5. The molecular weight excluding hydrogens is 500 g/mol. The fourth-order valence-electron chi connectivity index (χ4n) is 4.40. The lowest BCUT2D eigenvalue weighted by atomic mass is 9.79. The fraction of sp³-hybridized carbons (Fsp3) is 0.500. The van der Waals surface area contributed by atoms with E-state index in [4.69, 9.17) is 16.3 Å². The van der Waals surface area contributed by atoms with Crippen LogP contribution < -0.4 is 5.32 Å². The highest BCUT2D eigenvalue weighted by atomic mass is 32.8. The smallest absolute Gasteiger partial charge is 0.227 e. The number of hydrogen-bond donors (Lipinski definition) is 3. The lowest BCUT2D eigenvalue weighted by molar-refractivity contribution is -0.123. The summed E-state index contributed by atoms with van der Waals surface area (Å²) in [6, 6.07) is 20.2. The lowest BCUT2D eigenvalue weighted by Crippen LogP contribution is -2.49. The van der Waals surface area contributed by atoms with Gasteiger partial charge in [0, 0.05) is 18.2 Å². The van der Waals surface area contributed by atoms with E-state index in [2.05, 4.69) is 16.5 Å². The third-order valence-electron chi connectivity index (χ3n) is 6.93. The molecule has 1 saturated heterocycles. The third-order valence-corrected chi connectivity index (χ3v) is 9.60. The van der Waals surface area contributed by atoms with Crippen LogP contribution in [0, 0.1) is 5.92 Å². The molecule has 1 amide bonds. The van der Waals surface area contributed by atoms with Crippen molar-refractivity contribution in [3.05, 3.63) is 83.7 Å². The van der Waals surface area contributed by atoms with Gasteiger partial charge in [0.05, 0.1) is 18.0 Å². The molecule has 0 spiro atoms. The maximum absolute atomic E-state index is 12.0. The van der Waals surface area contributed by atoms with E-state index in [1.807, 2.05) is 81.4 Å². The molecule has 2 aromatic rings. The van der Waals surface area contributed by atoms with Gasteiger partial charge in [0.25, 0.3) is 0 Å². The first-order chi connectivity index (χ1) is 17.8. The van der Waals surface area contributed by atoms with E-state index in [-0.39, 0.29) is 27.5 Å². The van der Waals surface area contributed by atoms with Gasteiger partial charge in [-0.25, -0.2) is 4.31 Å². The van der Waals surface area contributed by atoms with Gasteiger partial charge >= 0.3 is 0 Å². The van der Waals surface area contributed by atoms with Gasteiger partial charge in [0.15, 0.2) is 0 Å². The first-order valence-corrected chi connectivity index (χ1v) is 15.7. The third kappa shape index (κ3) is 8.47. The lowest BCUT2D eigenvalue weighted by Gasteiger charge is -2.40. The van der Waals surface area contributed by atoms with Crippen molar-refractivity contribution in [3.8, 4) is 0 Å². The molecule has 5 nitrogen and oxygen atoms in total. The summed E-state index contributed by atoms with van der Waals surface area (Å²) >= 11 is 5.85. The number of aliphatic hydroxyl groups excluding tert-OH is 1. The number of benzene rings is 2. The molecule has 1 aliphatic heterocycles. The van der Waals surface area contributed by atoms with Crippen molar-refractivity contribution in [1.29, 1.82) is 0 Å². The van der Waals surface area contributed by atoms with Crippen LogP contribution in [0.4, 0.5) is 0 Å². The van der Waals surface area contributed by atoms with Gasteiger partial charge in [-0.1, -0.05) is 104 Å². The van der Waals surface area contributed by atoms with Crippen LogP contribution in [0.1, 0.15) is 77.3 Å². The van der Waals surface area contributed by atoms with Gasteiger partial charge < -0.3 is 15.5 Å². The molecule has 7 heteroatoms. The van der Waals surface area contributed by atoms with Crippen molar-refractivity contribution in [1.82, 2.24) is 9.62 Å². The van der Waals surface area contributed by atoms with Crippen LogP contribution in [0.2, 0.25) is 0 Å². The van der Waals surface area contributed by atoms with E-state index in [0.717, 1.165) is 55.4 Å². The number of aliphatic hydroxyl groups is 2. The Balaban J connectivity index is 0.000000341. The van der Waals surface area contributed by atoms with Crippen LogP contribution >= 0.6 is 0 Å². The Labute approximate surface area is 230 Å². The van der Waals surface area contributed by atoms with Crippen molar-refractivity contribution in [2.24, 2.45) is 5.92 Å². The molecule has 37 heavy (non-hydrogen) atoms. The van der Waals surface area contributed by atoms with Gasteiger partial charge in [-0.3, -0.25) is 4.79 Å². The number of nitrogens with zero attached hydrogens (tertiary/aromatic N) is 1. The monoisotopic (exact) mass is 544 g/mol. The van der Waals surface area contributed by atoms with Gasteiger partial charge in [0.1, 0.15) is 5.60 Å². The molecule has 3 rings (SSSR count). The number of rotatable bonds is 11. The largest absolute Gasteiger partial charge is 0.514 e. The van der Waals surface area contributed by atoms with Gasteiger partial charge in [-0.05, 0) is 54.4 Å². The van der Waals surface area contributed by atoms with Crippen LogP contribution in [-0.4, -0.2) is 38.8 Å². The second kappa shape index (κ2) is 16.0. The molecule has 2 aromatic carbocycles. The molecule has 0 saturated carbocycles. The van der Waals surface area contributed by atoms with Crippen molar-refractivity contribution in [3.63, 3.8) is 0 Å². The summed E-state index contributed by atoms with van der Waals surface area (Å²) in [7, 11) is -0.213. The zero-order valence-electron chi connectivity index (χ0n) is 22.7. The van der Waals surface area contributed by atoms with Crippen LogP contribution in [0.25, 0.3) is 0 Å². The first-order valence-electron chi connectivity index (χ1n) is 13.5. The molecule has 1 aliphatic rings. The standard InChI is InChI=1S/C21H27NOS2.C9H17NO2/c1-2-3-17-25(24)22-16-10-15-20(22)21(23,18-11-6-4-7-12-18)19-13-8-5-9-14-19;1-4-7(3)9(12)10-8(5-2)6-11/h4-9,11-14,20,23H,2-3,10,15-17H2,1H3;6-7,11H,4-5H2,1-3H3,(H,10,12). The van der Waals surface area contributed by atoms with Crippen molar-refractivity contribution in [2.45, 2.75) is 77.9 Å². The molecule has 3 atom stereocenters. The van der Waals surface area contributed by atoms with Gasteiger partial charge in [-0.2, -0.15) is 0 Å². The summed E-state index contributed by atoms with van der Waals surface area (Å²) < 4.78 is 2.39. The quantitative estimate of drug-likeness (QED) is 0.296. The Morgan fingerprint density at radius 2 is 1.70 bits per heavy atom. The molecule has 0 aromatic heterocycles. The predicted octanol–water partition coefficient (Wildman–Crippen LogP) is 6.14. The summed E-state index contributed by atoms with van der Waals surface area (Å²) in [5.41, 5.74) is 1.47. The molecule has 1 fully saturated rings. The molecule has 3 N–H and O–H groups in total. The number of hydrogen-bond acceptors (Lipinski definition) is 4. The molecule has 3 unspecified atom stereocenters. The molecule has 1 heterocycles. The maximum Gasteiger partial charge on any atom is 0.227 e. The molecule has 0 aliphatic carbocycles. The van der Waals surface area contributed by atoms with Crippen molar-refractivity contribution >= 4 is 26.7 Å². The summed E-state index contributed by atoms with van der Waals surface area (Å²) in [6.07, 6.45) is 6.80. The average Bonchev–Trinajstić information content (AvgIpc) is 3.45. The van der Waals surface area contributed by atoms with E-state index < -0.39 is 5.60 Å². The van der Waals surface area contributed by atoms with E-state index in [1.165, 1.54) is 6.42 Å². The Bertz CT molecular complexity index is 959. The summed E-state index contributed by atoms with van der Waals surface area (Å²) in [6.45, 7) is 8.89. The molecule has 0 radical (unpaired) electrons. The molecule has 0 bridgehead atoms. The van der Waals surface area contributed by atoms with Crippen molar-refractivity contribution in [2.75, 3.05) is 12.3 Å². The highest BCUT2D eigenvalue weighted by Gasteiger charge is 2.46. The van der Waals surface area contributed by atoms with Crippen molar-refractivity contribution < 1.29 is 15.0 Å². The van der Waals surface area contributed by atoms with Crippen LogP contribution in [0.5, 0.6) is 0 Å². The number of carbonyl (C=O) groups is 1. The van der Waals surface area contributed by atoms with E-state index in [9.17, 15) is 9.90 Å². The zero-order valence-corrected chi connectivity index (χ0v) is 24.4. The fourth-order valence-corrected chi connectivity index (χ4v) is 6.93. The Morgan fingerprint density at radius 3 is 2.16 bits per heavy atom. The number of amides is 1. The molecular formula is C30H44N2O3S2. The van der Waals surface area contributed by atoms with Crippen LogP contribution in [-0.2, 0) is 31.2 Å². The SMILES string of the molecule is CCC(=CO)NC(=O)C(C)CC.CCCCS(=S)N1CCCC1C(O)(c1ccccc1)c1ccccc1. The number of carbonyl (C=O) groups excluding carboxylic acids is 1. The van der Waals surface area contributed by atoms with Gasteiger partial charge in [-0.15, -0.1) is 0 Å². The van der Waals surface area contributed by atoms with Crippen LogP contribution in [0.3, 0.4) is 0 Å². The number of nitrogens with one attached hydrogen (secondary N) is 1. The summed E-state index contributed by atoms with van der Waals surface area (Å²) in [5.74, 6) is 1.02. The van der Waals surface area contributed by atoms with Gasteiger partial charge in [0.2, 0.25) is 5.91 Å². The topological polar surface area (TPSA) is 72.8 Å². The normalized spacial score (nSPS) is 18.0. The highest BCUT2D eigenvalue weighted by molar-refractivity contribution is 8.27. The van der Waals surface area contributed by atoms with Crippen LogP contribution in [0.15, 0.2) is 72.6 Å². The Morgan fingerprint density at radius 1 is 1.14 bits per heavy atom. The average molecular weight is 545 g/mol. The second-order valence-corrected chi connectivity index (χ2v) is 12.2. The zero-order chi connectivity index (χ0) is 27.3. The first kappa shape index (κ1) is 31.2. The number of allylic oxidation sites excluding steroid dienone is 1. The minimum Gasteiger partial charge on any atom is -0.514 e. The minimum absolute atomic E-state index is 0.00602. The maximum atomic E-state index is 12.0.